The van der Waals surface area contributed by atoms with Gasteiger partial charge in [0, 0.05) is 5.57 Å². The minimum atomic E-state index is -0.0870. The smallest absolute Gasteiger partial charge is 0.182 e. The van der Waals surface area contributed by atoms with Crippen LogP contribution in [0.15, 0.2) is 70.4 Å². The van der Waals surface area contributed by atoms with Gasteiger partial charge in [-0.05, 0) is 104 Å². The molecule has 0 bridgehead atoms. The third-order valence-corrected chi connectivity index (χ3v) is 4.99. The Morgan fingerprint density at radius 1 is 0.828 bits per heavy atom. The molecule has 1 atom stereocenters. The Balaban J connectivity index is 2.87. The summed E-state index contributed by atoms with van der Waals surface area (Å²) >= 11 is 0. The standard InChI is InChI=1S/C27H38O2/c1-20(2)9-7-11-22(5)13-14-24(17-23(6)12-8-10-21(3)4)18-25-19-26(28)15-16-27(25)29/h9-10,13,15-17,19,24H,7-8,11-12,14,18H2,1-6H3/b22-13+,23-17+. The number of ketones is 2. The number of carbonyl (C=O) groups excluding carboxylic acids is 2. The predicted molar refractivity (Wildman–Crippen MR) is 125 cm³/mol. The summed E-state index contributed by atoms with van der Waals surface area (Å²) in [4.78, 5) is 23.9. The SMILES string of the molecule is CC(C)=CCC/C(C)=C/CC(/C=C(\C)CCC=C(C)C)CC1=CC(=O)C=CC1=O. The van der Waals surface area contributed by atoms with Gasteiger partial charge in [-0.1, -0.05) is 46.6 Å². The van der Waals surface area contributed by atoms with Gasteiger partial charge in [0.25, 0.3) is 0 Å². The number of hydrogen-bond donors (Lipinski definition) is 0. The monoisotopic (exact) mass is 394 g/mol. The highest BCUT2D eigenvalue weighted by atomic mass is 16.1. The third kappa shape index (κ3) is 11.4. The molecular weight excluding hydrogens is 356 g/mol. The van der Waals surface area contributed by atoms with Gasteiger partial charge in [0.05, 0.1) is 0 Å². The Labute approximate surface area is 177 Å². The van der Waals surface area contributed by atoms with Crippen molar-refractivity contribution >= 4 is 11.6 Å². The Bertz CT molecular complexity index is 758. The van der Waals surface area contributed by atoms with Gasteiger partial charge < -0.3 is 0 Å². The van der Waals surface area contributed by atoms with Crippen LogP contribution in [0.4, 0.5) is 0 Å². The fourth-order valence-electron chi connectivity index (χ4n) is 3.33. The highest BCUT2D eigenvalue weighted by Gasteiger charge is 2.17. The van der Waals surface area contributed by atoms with Crippen LogP contribution in [-0.4, -0.2) is 11.6 Å². The molecule has 0 aromatic heterocycles. The zero-order valence-electron chi connectivity index (χ0n) is 19.2. The summed E-state index contributed by atoms with van der Waals surface area (Å²) in [6.07, 6.45) is 19.1. The first-order valence-corrected chi connectivity index (χ1v) is 10.7. The topological polar surface area (TPSA) is 34.1 Å². The van der Waals surface area contributed by atoms with E-state index in [1.165, 1.54) is 40.5 Å². The van der Waals surface area contributed by atoms with Crippen LogP contribution in [0.2, 0.25) is 0 Å². The molecule has 0 saturated carbocycles. The summed E-state index contributed by atoms with van der Waals surface area (Å²) in [5.74, 6) is 0.111. The number of hydrogen-bond acceptors (Lipinski definition) is 2. The van der Waals surface area contributed by atoms with Gasteiger partial charge in [-0.25, -0.2) is 0 Å². The van der Waals surface area contributed by atoms with Gasteiger partial charge in [0.1, 0.15) is 0 Å². The first-order chi connectivity index (χ1) is 13.7. The molecular formula is C27H38O2. The Hall–Kier alpha value is -2.22. The molecule has 0 fully saturated rings. The second kappa shape index (κ2) is 13.1. The van der Waals surface area contributed by atoms with Crippen molar-refractivity contribution in [3.8, 4) is 0 Å². The van der Waals surface area contributed by atoms with Crippen molar-refractivity contribution in [3.63, 3.8) is 0 Å². The van der Waals surface area contributed by atoms with Gasteiger partial charge in [0.2, 0.25) is 0 Å². The molecule has 0 radical (unpaired) electrons. The van der Waals surface area contributed by atoms with E-state index in [1.807, 2.05) is 0 Å². The number of rotatable bonds is 11. The molecule has 0 amide bonds. The highest BCUT2D eigenvalue weighted by molar-refractivity contribution is 6.17. The van der Waals surface area contributed by atoms with E-state index in [4.69, 9.17) is 0 Å². The van der Waals surface area contributed by atoms with Crippen LogP contribution in [0.1, 0.15) is 80.1 Å². The average Bonchev–Trinajstić information content (AvgIpc) is 2.62. The first-order valence-electron chi connectivity index (χ1n) is 10.7. The van der Waals surface area contributed by atoms with Crippen LogP contribution in [0.25, 0.3) is 0 Å². The molecule has 0 saturated heterocycles. The lowest BCUT2D eigenvalue weighted by Gasteiger charge is -2.16. The van der Waals surface area contributed by atoms with Gasteiger partial charge in [0.15, 0.2) is 11.6 Å². The normalized spacial score (nSPS) is 15.9. The molecule has 0 spiro atoms. The molecule has 1 unspecified atom stereocenters. The molecule has 0 aromatic rings. The van der Waals surface area contributed by atoms with E-state index in [0.29, 0.717) is 12.0 Å². The van der Waals surface area contributed by atoms with Crippen molar-refractivity contribution in [1.29, 1.82) is 0 Å². The van der Waals surface area contributed by atoms with Crippen LogP contribution in [0, 0.1) is 5.92 Å². The van der Waals surface area contributed by atoms with Crippen molar-refractivity contribution in [2.24, 2.45) is 5.92 Å². The molecule has 29 heavy (non-hydrogen) atoms. The quantitative estimate of drug-likeness (QED) is 0.270. The molecule has 158 valence electrons. The number of allylic oxidation sites excluding steroid dienone is 12. The first kappa shape index (κ1) is 24.8. The zero-order valence-corrected chi connectivity index (χ0v) is 19.2. The van der Waals surface area contributed by atoms with Crippen molar-refractivity contribution in [3.05, 3.63) is 70.4 Å². The summed E-state index contributed by atoms with van der Waals surface area (Å²) in [5.41, 5.74) is 6.04. The molecule has 0 aliphatic heterocycles. The van der Waals surface area contributed by atoms with Crippen molar-refractivity contribution < 1.29 is 9.59 Å². The largest absolute Gasteiger partial charge is 0.290 e. The second-order valence-corrected chi connectivity index (χ2v) is 8.67. The fourth-order valence-corrected chi connectivity index (χ4v) is 3.33. The van der Waals surface area contributed by atoms with Crippen LogP contribution in [0.5, 0.6) is 0 Å². The Morgan fingerprint density at radius 3 is 2.00 bits per heavy atom. The summed E-state index contributed by atoms with van der Waals surface area (Å²) < 4.78 is 0. The van der Waals surface area contributed by atoms with Crippen LogP contribution < -0.4 is 0 Å². The predicted octanol–water partition coefficient (Wildman–Crippen LogP) is 7.40. The minimum absolute atomic E-state index is 0.0329. The minimum Gasteiger partial charge on any atom is -0.290 e. The van der Waals surface area contributed by atoms with Gasteiger partial charge in [-0.15, -0.1) is 0 Å². The molecule has 0 heterocycles. The second-order valence-electron chi connectivity index (χ2n) is 8.67. The van der Waals surface area contributed by atoms with E-state index < -0.39 is 0 Å². The lowest BCUT2D eigenvalue weighted by atomic mass is 9.88. The highest BCUT2D eigenvalue weighted by Crippen LogP contribution is 2.24. The van der Waals surface area contributed by atoms with Crippen LogP contribution in [0.3, 0.4) is 0 Å². The Morgan fingerprint density at radius 2 is 1.41 bits per heavy atom. The average molecular weight is 395 g/mol. The summed E-state index contributed by atoms with van der Waals surface area (Å²) in [7, 11) is 0. The maximum Gasteiger partial charge on any atom is 0.182 e. The summed E-state index contributed by atoms with van der Waals surface area (Å²) in [5, 5.41) is 0. The maximum atomic E-state index is 12.2. The molecule has 1 rings (SSSR count). The van der Waals surface area contributed by atoms with Crippen molar-refractivity contribution in [1.82, 2.24) is 0 Å². The molecule has 2 heteroatoms. The lowest BCUT2D eigenvalue weighted by molar-refractivity contribution is -0.114. The van der Waals surface area contributed by atoms with E-state index in [-0.39, 0.29) is 17.5 Å². The zero-order chi connectivity index (χ0) is 21.8. The van der Waals surface area contributed by atoms with Gasteiger partial charge >= 0.3 is 0 Å². The Kier molecular flexibility index (Phi) is 11.2. The van der Waals surface area contributed by atoms with E-state index in [0.717, 1.165) is 32.1 Å². The molecule has 1 aliphatic carbocycles. The van der Waals surface area contributed by atoms with Crippen molar-refractivity contribution in [2.45, 2.75) is 80.1 Å². The maximum absolute atomic E-state index is 12.2. The molecule has 1 aliphatic rings. The van der Waals surface area contributed by atoms with Crippen LogP contribution >= 0.6 is 0 Å². The van der Waals surface area contributed by atoms with Crippen LogP contribution in [-0.2, 0) is 9.59 Å². The van der Waals surface area contributed by atoms with E-state index in [1.54, 1.807) is 0 Å². The van der Waals surface area contributed by atoms with E-state index >= 15 is 0 Å². The molecule has 0 aromatic carbocycles. The third-order valence-electron chi connectivity index (χ3n) is 4.99. The number of carbonyl (C=O) groups is 2. The lowest BCUT2D eigenvalue weighted by Crippen LogP contribution is -2.11. The van der Waals surface area contributed by atoms with Crippen molar-refractivity contribution in [2.75, 3.05) is 0 Å². The van der Waals surface area contributed by atoms with Gasteiger partial charge in [-0.2, -0.15) is 0 Å². The van der Waals surface area contributed by atoms with Gasteiger partial charge in [-0.3, -0.25) is 9.59 Å². The summed E-state index contributed by atoms with van der Waals surface area (Å²) in [6, 6.07) is 0. The van der Waals surface area contributed by atoms with E-state index in [2.05, 4.69) is 65.8 Å². The van der Waals surface area contributed by atoms with E-state index in [9.17, 15) is 9.59 Å². The molecule has 2 nitrogen and oxygen atoms in total. The summed E-state index contributed by atoms with van der Waals surface area (Å²) in [6.45, 7) is 12.8. The molecule has 0 N–H and O–H groups in total. The fraction of sp³-hybridized carbons (Fsp3) is 0.481.